The number of ketones is 1. The highest BCUT2D eigenvalue weighted by atomic mass is 16.5. The first-order valence-corrected chi connectivity index (χ1v) is 7.61. The minimum atomic E-state index is -0.00712. The summed E-state index contributed by atoms with van der Waals surface area (Å²) in [6, 6.07) is 17.0. The minimum absolute atomic E-state index is 0.00712. The topological polar surface area (TPSA) is 26.3 Å². The zero-order valence-corrected chi connectivity index (χ0v) is 13.3. The second kappa shape index (κ2) is 7.60. The van der Waals surface area contributed by atoms with Crippen molar-refractivity contribution in [3.63, 3.8) is 0 Å². The van der Waals surface area contributed by atoms with Crippen LogP contribution in [0.3, 0.4) is 0 Å². The molecule has 2 aromatic rings. The van der Waals surface area contributed by atoms with E-state index in [9.17, 15) is 4.79 Å². The molecule has 0 aromatic heterocycles. The Morgan fingerprint density at radius 1 is 0.955 bits per heavy atom. The standard InChI is InChI=1S/C20H22O2/c1-15(2)16(3)22-20-12-8-7-11-18(20)13-14-19(21)17-9-5-4-6-10-17/h4-16H,1-3H3. The van der Waals surface area contributed by atoms with Gasteiger partial charge >= 0.3 is 0 Å². The molecule has 22 heavy (non-hydrogen) atoms. The molecule has 0 radical (unpaired) electrons. The Morgan fingerprint density at radius 3 is 2.27 bits per heavy atom. The second-order valence-corrected chi connectivity index (χ2v) is 5.67. The van der Waals surface area contributed by atoms with E-state index in [-0.39, 0.29) is 11.9 Å². The Balaban J connectivity index is 2.16. The lowest BCUT2D eigenvalue weighted by molar-refractivity contribution is 0.104. The van der Waals surface area contributed by atoms with Gasteiger partial charge in [-0.25, -0.2) is 0 Å². The van der Waals surface area contributed by atoms with Crippen molar-refractivity contribution in [2.24, 2.45) is 5.92 Å². The maximum atomic E-state index is 12.1. The first-order valence-electron chi connectivity index (χ1n) is 7.61. The van der Waals surface area contributed by atoms with Crippen LogP contribution < -0.4 is 4.74 Å². The first-order chi connectivity index (χ1) is 10.6. The van der Waals surface area contributed by atoms with Crippen LogP contribution in [0.2, 0.25) is 0 Å². The number of ether oxygens (including phenoxy) is 1. The molecule has 2 nitrogen and oxygen atoms in total. The van der Waals surface area contributed by atoms with E-state index in [0.29, 0.717) is 11.5 Å². The van der Waals surface area contributed by atoms with Crippen molar-refractivity contribution < 1.29 is 9.53 Å². The molecule has 2 heteroatoms. The van der Waals surface area contributed by atoms with Gasteiger partial charge in [0.1, 0.15) is 5.75 Å². The van der Waals surface area contributed by atoms with E-state index in [2.05, 4.69) is 20.8 Å². The summed E-state index contributed by atoms with van der Waals surface area (Å²) in [7, 11) is 0. The normalized spacial score (nSPS) is 12.5. The average Bonchev–Trinajstić information content (AvgIpc) is 2.54. The van der Waals surface area contributed by atoms with E-state index in [1.807, 2.05) is 60.7 Å². The fourth-order valence-corrected chi connectivity index (χ4v) is 1.93. The van der Waals surface area contributed by atoms with Gasteiger partial charge < -0.3 is 4.74 Å². The summed E-state index contributed by atoms with van der Waals surface area (Å²) in [6.07, 6.45) is 3.54. The molecule has 0 fully saturated rings. The predicted octanol–water partition coefficient (Wildman–Crippen LogP) is 5.01. The number of carbonyl (C=O) groups excluding carboxylic acids is 1. The van der Waals surface area contributed by atoms with Crippen LogP contribution in [0, 0.1) is 5.92 Å². The van der Waals surface area contributed by atoms with Crippen molar-refractivity contribution in [3.05, 3.63) is 71.8 Å². The first kappa shape index (κ1) is 16.0. The highest BCUT2D eigenvalue weighted by Gasteiger charge is 2.10. The highest BCUT2D eigenvalue weighted by molar-refractivity contribution is 6.06. The molecular formula is C20H22O2. The zero-order valence-electron chi connectivity index (χ0n) is 13.3. The van der Waals surface area contributed by atoms with Crippen molar-refractivity contribution in [2.45, 2.75) is 26.9 Å². The molecule has 0 bridgehead atoms. The van der Waals surface area contributed by atoms with Crippen molar-refractivity contribution in [3.8, 4) is 5.75 Å². The summed E-state index contributed by atoms with van der Waals surface area (Å²) in [5.41, 5.74) is 1.60. The van der Waals surface area contributed by atoms with Crippen LogP contribution in [0.15, 0.2) is 60.7 Å². The number of carbonyl (C=O) groups is 1. The molecule has 0 spiro atoms. The van der Waals surface area contributed by atoms with Gasteiger partial charge in [0.25, 0.3) is 0 Å². The summed E-state index contributed by atoms with van der Waals surface area (Å²) >= 11 is 0. The number of hydrogen-bond donors (Lipinski definition) is 0. The third-order valence-electron chi connectivity index (χ3n) is 3.64. The number of benzene rings is 2. The molecule has 1 unspecified atom stereocenters. The number of rotatable bonds is 6. The molecule has 0 aliphatic rings. The maximum absolute atomic E-state index is 12.1. The summed E-state index contributed by atoms with van der Waals surface area (Å²) in [6.45, 7) is 6.31. The third kappa shape index (κ3) is 4.32. The minimum Gasteiger partial charge on any atom is -0.490 e. The fourth-order valence-electron chi connectivity index (χ4n) is 1.93. The van der Waals surface area contributed by atoms with Crippen molar-refractivity contribution >= 4 is 11.9 Å². The molecule has 114 valence electrons. The zero-order chi connectivity index (χ0) is 15.9. The fraction of sp³-hybridized carbons (Fsp3) is 0.250. The SMILES string of the molecule is CC(C)C(C)Oc1ccccc1C=CC(=O)c1ccccc1. The monoisotopic (exact) mass is 294 g/mol. The Labute approximate surface area is 132 Å². The second-order valence-electron chi connectivity index (χ2n) is 5.67. The van der Waals surface area contributed by atoms with Gasteiger partial charge in [0.05, 0.1) is 6.10 Å². The van der Waals surface area contributed by atoms with Gasteiger partial charge in [0.15, 0.2) is 5.78 Å². The number of allylic oxidation sites excluding steroid dienone is 1. The molecular weight excluding hydrogens is 272 g/mol. The number of hydrogen-bond acceptors (Lipinski definition) is 2. The van der Waals surface area contributed by atoms with Crippen LogP contribution in [0.25, 0.3) is 6.08 Å². The molecule has 0 N–H and O–H groups in total. The Morgan fingerprint density at radius 2 is 1.59 bits per heavy atom. The van der Waals surface area contributed by atoms with Crippen molar-refractivity contribution in [1.29, 1.82) is 0 Å². The molecule has 2 rings (SSSR count). The Bertz CT molecular complexity index is 642. The molecule has 0 heterocycles. The lowest BCUT2D eigenvalue weighted by Gasteiger charge is -2.19. The molecule has 0 aliphatic heterocycles. The van der Waals surface area contributed by atoms with Crippen LogP contribution in [-0.4, -0.2) is 11.9 Å². The van der Waals surface area contributed by atoms with E-state index in [4.69, 9.17) is 4.74 Å². The summed E-state index contributed by atoms with van der Waals surface area (Å²) in [4.78, 5) is 12.1. The van der Waals surface area contributed by atoms with Crippen molar-refractivity contribution in [1.82, 2.24) is 0 Å². The van der Waals surface area contributed by atoms with Crippen LogP contribution in [0.5, 0.6) is 5.75 Å². The van der Waals surface area contributed by atoms with Gasteiger partial charge in [-0.2, -0.15) is 0 Å². The van der Waals surface area contributed by atoms with Gasteiger partial charge in [-0.3, -0.25) is 4.79 Å². The molecule has 0 amide bonds. The number of para-hydroxylation sites is 1. The van der Waals surface area contributed by atoms with Crippen LogP contribution in [0.1, 0.15) is 36.7 Å². The van der Waals surface area contributed by atoms with Gasteiger partial charge in [-0.1, -0.05) is 62.4 Å². The lowest BCUT2D eigenvalue weighted by Crippen LogP contribution is -2.19. The van der Waals surface area contributed by atoms with Crippen LogP contribution >= 0.6 is 0 Å². The Kier molecular flexibility index (Phi) is 5.54. The molecule has 0 saturated carbocycles. The molecule has 1 atom stereocenters. The van der Waals surface area contributed by atoms with Gasteiger partial charge in [-0.15, -0.1) is 0 Å². The Hall–Kier alpha value is -2.35. The lowest BCUT2D eigenvalue weighted by atomic mass is 10.1. The van der Waals surface area contributed by atoms with E-state index in [1.54, 1.807) is 6.08 Å². The summed E-state index contributed by atoms with van der Waals surface area (Å²) in [5, 5.41) is 0. The molecule has 0 aliphatic carbocycles. The summed E-state index contributed by atoms with van der Waals surface area (Å²) in [5.74, 6) is 1.23. The smallest absolute Gasteiger partial charge is 0.185 e. The third-order valence-corrected chi connectivity index (χ3v) is 3.64. The largest absolute Gasteiger partial charge is 0.490 e. The van der Waals surface area contributed by atoms with Crippen LogP contribution in [0.4, 0.5) is 0 Å². The predicted molar refractivity (Wildman–Crippen MR) is 91.2 cm³/mol. The van der Waals surface area contributed by atoms with E-state index >= 15 is 0 Å². The highest BCUT2D eigenvalue weighted by Crippen LogP contribution is 2.22. The van der Waals surface area contributed by atoms with E-state index in [1.165, 1.54) is 0 Å². The molecule has 0 saturated heterocycles. The molecule has 2 aromatic carbocycles. The van der Waals surface area contributed by atoms with Crippen molar-refractivity contribution in [2.75, 3.05) is 0 Å². The average molecular weight is 294 g/mol. The summed E-state index contributed by atoms with van der Waals surface area (Å²) < 4.78 is 5.98. The van der Waals surface area contributed by atoms with Gasteiger partial charge in [0.2, 0.25) is 0 Å². The van der Waals surface area contributed by atoms with Gasteiger partial charge in [-0.05, 0) is 31.1 Å². The van der Waals surface area contributed by atoms with Gasteiger partial charge in [0, 0.05) is 11.1 Å². The van der Waals surface area contributed by atoms with Crippen LogP contribution in [-0.2, 0) is 0 Å². The van der Waals surface area contributed by atoms with E-state index in [0.717, 1.165) is 11.3 Å². The quantitative estimate of drug-likeness (QED) is 0.553. The maximum Gasteiger partial charge on any atom is 0.185 e. The van der Waals surface area contributed by atoms with E-state index < -0.39 is 0 Å².